The normalized spacial score (nSPS) is 20.1. The quantitative estimate of drug-likeness (QED) is 0.662. The molecular formula is C19H28N2O5S. The number of carbonyl (C=O) groups is 2. The molecule has 1 heterocycles. The Bertz CT molecular complexity index is 766. The lowest BCUT2D eigenvalue weighted by Gasteiger charge is -2.28. The average molecular weight is 397 g/mol. The van der Waals surface area contributed by atoms with Crippen LogP contribution < -0.4 is 5.32 Å². The van der Waals surface area contributed by atoms with E-state index >= 15 is 0 Å². The number of nitrogens with zero attached hydrogens (tertiary/aromatic N) is 1. The van der Waals surface area contributed by atoms with Gasteiger partial charge in [-0.15, -0.1) is 0 Å². The molecule has 0 aliphatic carbocycles. The van der Waals surface area contributed by atoms with Gasteiger partial charge in [-0.1, -0.05) is 43.7 Å². The van der Waals surface area contributed by atoms with Crippen molar-refractivity contribution >= 4 is 21.9 Å². The monoisotopic (exact) mass is 396 g/mol. The van der Waals surface area contributed by atoms with Gasteiger partial charge in [0.1, 0.15) is 11.5 Å². The van der Waals surface area contributed by atoms with Gasteiger partial charge in [-0.2, -0.15) is 4.31 Å². The van der Waals surface area contributed by atoms with Crippen LogP contribution in [0.15, 0.2) is 30.3 Å². The molecule has 1 aromatic rings. The van der Waals surface area contributed by atoms with Gasteiger partial charge in [0.25, 0.3) is 0 Å². The van der Waals surface area contributed by atoms with E-state index < -0.39 is 33.4 Å². The highest BCUT2D eigenvalue weighted by molar-refractivity contribution is 7.89. The fraction of sp³-hybridized carbons (Fsp3) is 0.579. The third kappa shape index (κ3) is 4.87. The maximum absolute atomic E-state index is 12.7. The van der Waals surface area contributed by atoms with Gasteiger partial charge in [-0.3, -0.25) is 9.59 Å². The highest BCUT2D eigenvalue weighted by Crippen LogP contribution is 2.25. The molecule has 2 N–H and O–H groups in total. The zero-order valence-electron chi connectivity index (χ0n) is 15.8. The van der Waals surface area contributed by atoms with Gasteiger partial charge < -0.3 is 10.4 Å². The van der Waals surface area contributed by atoms with E-state index in [-0.39, 0.29) is 12.3 Å². The Morgan fingerprint density at radius 1 is 1.30 bits per heavy atom. The summed E-state index contributed by atoms with van der Waals surface area (Å²) in [5.41, 5.74) is -0.710. The number of carbonyl (C=O) groups excluding carboxylic acids is 1. The van der Waals surface area contributed by atoms with E-state index in [1.165, 1.54) is 4.31 Å². The lowest BCUT2D eigenvalue weighted by Crippen LogP contribution is -2.51. The van der Waals surface area contributed by atoms with Crippen LogP contribution in [0.25, 0.3) is 0 Å². The van der Waals surface area contributed by atoms with Crippen molar-refractivity contribution < 1.29 is 23.1 Å². The number of carboxylic acids is 1. The number of aliphatic carboxylic acids is 1. The van der Waals surface area contributed by atoms with E-state index in [0.717, 1.165) is 6.42 Å². The van der Waals surface area contributed by atoms with Crippen LogP contribution in [0.4, 0.5) is 0 Å². The second-order valence-corrected chi connectivity index (χ2v) is 9.20. The van der Waals surface area contributed by atoms with E-state index in [1.54, 1.807) is 37.3 Å². The van der Waals surface area contributed by atoms with Gasteiger partial charge in [0, 0.05) is 13.1 Å². The topological polar surface area (TPSA) is 104 Å². The Morgan fingerprint density at radius 2 is 1.96 bits per heavy atom. The molecule has 1 aliphatic rings. The summed E-state index contributed by atoms with van der Waals surface area (Å²) < 4.78 is 26.3. The number of hydrogen-bond donors (Lipinski definition) is 2. The Kier molecular flexibility index (Phi) is 7.00. The SMILES string of the molecule is CCCCS(=O)(=O)N1CCCC1C(=O)NCC(C)(C(=O)O)c1ccccc1. The molecule has 27 heavy (non-hydrogen) atoms. The third-order valence-electron chi connectivity index (χ3n) is 5.12. The molecule has 0 radical (unpaired) electrons. The van der Waals surface area contributed by atoms with Crippen LogP contribution in [0, 0.1) is 0 Å². The van der Waals surface area contributed by atoms with Crippen LogP contribution >= 0.6 is 0 Å². The molecule has 7 nitrogen and oxygen atoms in total. The maximum atomic E-state index is 12.7. The van der Waals surface area contributed by atoms with E-state index in [1.807, 2.05) is 6.92 Å². The summed E-state index contributed by atoms with van der Waals surface area (Å²) in [6.07, 6.45) is 2.39. The first kappa shape index (κ1) is 21.4. The molecule has 8 heteroatoms. The van der Waals surface area contributed by atoms with E-state index in [9.17, 15) is 23.1 Å². The summed E-state index contributed by atoms with van der Waals surface area (Å²) in [5.74, 6) is -1.45. The van der Waals surface area contributed by atoms with Crippen molar-refractivity contribution in [2.75, 3.05) is 18.8 Å². The van der Waals surface area contributed by atoms with E-state index in [0.29, 0.717) is 31.4 Å². The summed E-state index contributed by atoms with van der Waals surface area (Å²) >= 11 is 0. The smallest absolute Gasteiger partial charge is 0.315 e. The molecule has 150 valence electrons. The molecule has 0 saturated carbocycles. The zero-order chi connectivity index (χ0) is 20.1. The highest BCUT2D eigenvalue weighted by Gasteiger charge is 2.40. The lowest BCUT2D eigenvalue weighted by atomic mass is 9.82. The first-order valence-electron chi connectivity index (χ1n) is 9.28. The van der Waals surface area contributed by atoms with Crippen molar-refractivity contribution in [3.8, 4) is 0 Å². The van der Waals surface area contributed by atoms with Gasteiger partial charge in [0.05, 0.1) is 5.75 Å². The first-order chi connectivity index (χ1) is 12.7. The van der Waals surface area contributed by atoms with Crippen molar-refractivity contribution in [2.24, 2.45) is 0 Å². The number of benzene rings is 1. The first-order valence-corrected chi connectivity index (χ1v) is 10.9. The number of rotatable bonds is 9. The summed E-state index contributed by atoms with van der Waals surface area (Å²) in [6.45, 7) is 3.69. The second-order valence-electron chi connectivity index (χ2n) is 7.16. The Morgan fingerprint density at radius 3 is 2.56 bits per heavy atom. The molecule has 2 atom stereocenters. The van der Waals surface area contributed by atoms with E-state index in [4.69, 9.17) is 0 Å². The molecule has 1 aliphatic heterocycles. The molecule has 0 spiro atoms. The molecule has 1 fully saturated rings. The largest absolute Gasteiger partial charge is 0.481 e. The van der Waals surface area contributed by atoms with Crippen molar-refractivity contribution in [2.45, 2.75) is 51.0 Å². The van der Waals surface area contributed by atoms with E-state index in [2.05, 4.69) is 5.32 Å². The third-order valence-corrected chi connectivity index (χ3v) is 7.07. The molecule has 2 rings (SSSR count). The van der Waals surface area contributed by atoms with Crippen LogP contribution in [0.3, 0.4) is 0 Å². The Hall–Kier alpha value is -1.93. The summed E-state index contributed by atoms with van der Waals surface area (Å²) in [6, 6.07) is 7.94. The van der Waals surface area contributed by atoms with Gasteiger partial charge in [0.2, 0.25) is 15.9 Å². The zero-order valence-corrected chi connectivity index (χ0v) is 16.7. The van der Waals surface area contributed by atoms with Gasteiger partial charge in [-0.25, -0.2) is 8.42 Å². The van der Waals surface area contributed by atoms with Gasteiger partial charge in [-0.05, 0) is 31.7 Å². The van der Waals surface area contributed by atoms with Crippen molar-refractivity contribution in [1.82, 2.24) is 9.62 Å². The van der Waals surface area contributed by atoms with Crippen molar-refractivity contribution in [1.29, 1.82) is 0 Å². The number of sulfonamides is 1. The van der Waals surface area contributed by atoms with Crippen LogP contribution in [0.1, 0.15) is 45.1 Å². The number of carboxylic acid groups (broad SMARTS) is 1. The fourth-order valence-electron chi connectivity index (χ4n) is 3.27. The minimum absolute atomic E-state index is 0.0319. The molecule has 0 bridgehead atoms. The summed E-state index contributed by atoms with van der Waals surface area (Å²) in [5, 5.41) is 12.4. The number of hydrogen-bond acceptors (Lipinski definition) is 4. The van der Waals surface area contributed by atoms with Crippen LogP contribution in [0.5, 0.6) is 0 Å². The standard InChI is InChI=1S/C19H28N2O5S/c1-3-4-13-27(25,26)21-12-8-11-16(21)17(22)20-14-19(2,18(23)24)15-9-6-5-7-10-15/h5-7,9-10,16H,3-4,8,11-14H2,1-2H3,(H,20,22)(H,23,24). The van der Waals surface area contributed by atoms with Gasteiger partial charge >= 0.3 is 5.97 Å². The molecule has 1 amide bonds. The molecule has 1 saturated heterocycles. The van der Waals surface area contributed by atoms with Crippen LogP contribution in [0.2, 0.25) is 0 Å². The van der Waals surface area contributed by atoms with Crippen LogP contribution in [-0.4, -0.2) is 54.6 Å². The number of amides is 1. The summed E-state index contributed by atoms with van der Waals surface area (Å²) in [7, 11) is -3.48. The van der Waals surface area contributed by atoms with Crippen molar-refractivity contribution in [3.05, 3.63) is 35.9 Å². The molecule has 0 aromatic heterocycles. The highest BCUT2D eigenvalue weighted by atomic mass is 32.2. The minimum Gasteiger partial charge on any atom is -0.481 e. The number of unbranched alkanes of at least 4 members (excludes halogenated alkanes) is 1. The maximum Gasteiger partial charge on any atom is 0.315 e. The van der Waals surface area contributed by atoms with Gasteiger partial charge in [0.15, 0.2) is 0 Å². The predicted molar refractivity (Wildman–Crippen MR) is 103 cm³/mol. The Balaban J connectivity index is 2.10. The predicted octanol–water partition coefficient (Wildman–Crippen LogP) is 1.74. The minimum atomic E-state index is -3.48. The average Bonchev–Trinajstić information content (AvgIpc) is 3.15. The molecule has 1 aromatic carbocycles. The lowest BCUT2D eigenvalue weighted by molar-refractivity contribution is -0.143. The fourth-order valence-corrected chi connectivity index (χ4v) is 5.15. The van der Waals surface area contributed by atoms with Crippen molar-refractivity contribution in [3.63, 3.8) is 0 Å². The second kappa shape index (κ2) is 8.84. The molecular weight excluding hydrogens is 368 g/mol. The summed E-state index contributed by atoms with van der Waals surface area (Å²) in [4.78, 5) is 24.5. The Labute approximate surface area is 160 Å². The molecule has 2 unspecified atom stereocenters. The number of nitrogens with one attached hydrogen (secondary N) is 1. The van der Waals surface area contributed by atoms with Crippen LogP contribution in [-0.2, 0) is 25.0 Å².